The first-order chi connectivity index (χ1) is 10.1. The third-order valence-corrected chi connectivity index (χ3v) is 5.41. The lowest BCUT2D eigenvalue weighted by Crippen LogP contribution is -2.45. The van der Waals surface area contributed by atoms with Crippen LogP contribution in [0.4, 0.5) is 5.69 Å². The Kier molecular flexibility index (Phi) is 4.37. The molecule has 1 aliphatic heterocycles. The third-order valence-electron chi connectivity index (χ3n) is 3.90. The Morgan fingerprint density at radius 2 is 2.00 bits per heavy atom. The lowest BCUT2D eigenvalue weighted by Gasteiger charge is -2.32. The molecule has 1 aliphatic carbocycles. The van der Waals surface area contributed by atoms with Crippen molar-refractivity contribution in [1.29, 1.82) is 0 Å². The minimum atomic E-state index is -3.52. The molecule has 7 nitrogen and oxygen atoms in total. The van der Waals surface area contributed by atoms with E-state index >= 15 is 0 Å². The predicted molar refractivity (Wildman–Crippen MR) is 79.9 cm³/mol. The van der Waals surface area contributed by atoms with Crippen molar-refractivity contribution < 1.29 is 8.42 Å². The van der Waals surface area contributed by atoms with Crippen LogP contribution in [0, 0.1) is 5.92 Å². The van der Waals surface area contributed by atoms with Crippen molar-refractivity contribution >= 4 is 15.9 Å². The van der Waals surface area contributed by atoms with E-state index in [0.717, 1.165) is 19.4 Å². The van der Waals surface area contributed by atoms with E-state index in [1.54, 1.807) is 0 Å². The number of nitrogens with zero attached hydrogens (tertiary/aromatic N) is 3. The second-order valence-corrected chi connectivity index (χ2v) is 7.45. The average Bonchev–Trinajstić information content (AvgIpc) is 3.30. The summed E-state index contributed by atoms with van der Waals surface area (Å²) in [4.78, 5) is 7.64. The number of aromatic nitrogens is 2. The Morgan fingerprint density at radius 3 is 2.71 bits per heavy atom. The largest absolute Gasteiger partial charge is 0.314 e. The van der Waals surface area contributed by atoms with Gasteiger partial charge in [0.25, 0.3) is 0 Å². The van der Waals surface area contributed by atoms with E-state index in [4.69, 9.17) is 0 Å². The smallest absolute Gasteiger partial charge is 0.301 e. The maximum atomic E-state index is 12.4. The first kappa shape index (κ1) is 14.7. The van der Waals surface area contributed by atoms with Crippen LogP contribution in [0.25, 0.3) is 0 Å². The molecule has 0 radical (unpaired) electrons. The molecule has 1 saturated heterocycles. The van der Waals surface area contributed by atoms with E-state index in [0.29, 0.717) is 30.7 Å². The molecule has 1 atom stereocenters. The molecule has 1 aromatic rings. The van der Waals surface area contributed by atoms with Gasteiger partial charge < -0.3 is 5.32 Å². The molecule has 8 heteroatoms. The standard InChI is InChI=1S/C13H21N5O2S/c19-21(20,17-13-7-14-10-15-8-13)18-5-1-2-11(9-18)6-16-12-3-4-12/h7-8,10-12,16-17H,1-6,9H2. The van der Waals surface area contributed by atoms with Crippen LogP contribution < -0.4 is 10.0 Å². The van der Waals surface area contributed by atoms with E-state index < -0.39 is 10.2 Å². The molecule has 2 heterocycles. The predicted octanol–water partition coefficient (Wildman–Crippen LogP) is 0.597. The lowest BCUT2D eigenvalue weighted by molar-refractivity contribution is 0.261. The Balaban J connectivity index is 1.58. The average molecular weight is 311 g/mol. The van der Waals surface area contributed by atoms with E-state index in [-0.39, 0.29) is 0 Å². The van der Waals surface area contributed by atoms with Gasteiger partial charge >= 0.3 is 10.2 Å². The van der Waals surface area contributed by atoms with Crippen molar-refractivity contribution in [2.75, 3.05) is 24.4 Å². The SMILES string of the molecule is O=S(=O)(Nc1cncnc1)N1CCCC(CNC2CC2)C1. The molecular weight excluding hydrogens is 290 g/mol. The van der Waals surface area contributed by atoms with Crippen LogP contribution in [0.2, 0.25) is 0 Å². The first-order valence-corrected chi connectivity index (χ1v) is 8.84. The molecule has 0 spiro atoms. The highest BCUT2D eigenvalue weighted by Crippen LogP contribution is 2.23. The number of anilines is 1. The van der Waals surface area contributed by atoms with Crippen LogP contribution >= 0.6 is 0 Å². The molecule has 116 valence electrons. The highest BCUT2D eigenvalue weighted by atomic mass is 32.2. The fraction of sp³-hybridized carbons (Fsp3) is 0.692. The van der Waals surface area contributed by atoms with Gasteiger partial charge in [-0.3, -0.25) is 4.72 Å². The molecule has 0 bridgehead atoms. The number of hydrogen-bond acceptors (Lipinski definition) is 5. The van der Waals surface area contributed by atoms with E-state index in [9.17, 15) is 8.42 Å². The molecule has 1 saturated carbocycles. The van der Waals surface area contributed by atoms with Crippen LogP contribution in [0.5, 0.6) is 0 Å². The fourth-order valence-electron chi connectivity index (χ4n) is 2.60. The number of nitrogens with one attached hydrogen (secondary N) is 2. The van der Waals surface area contributed by atoms with Gasteiger partial charge in [-0.25, -0.2) is 9.97 Å². The first-order valence-electron chi connectivity index (χ1n) is 7.40. The summed E-state index contributed by atoms with van der Waals surface area (Å²) in [7, 11) is -3.52. The van der Waals surface area contributed by atoms with Crippen molar-refractivity contribution in [2.24, 2.45) is 5.92 Å². The Bertz CT molecular complexity index is 561. The molecule has 2 N–H and O–H groups in total. The quantitative estimate of drug-likeness (QED) is 0.803. The molecule has 3 rings (SSSR count). The summed E-state index contributed by atoms with van der Waals surface area (Å²) in [5.74, 6) is 0.392. The molecule has 1 aromatic heterocycles. The van der Waals surface area contributed by atoms with Gasteiger partial charge in [0.2, 0.25) is 0 Å². The van der Waals surface area contributed by atoms with Gasteiger partial charge in [0.05, 0.1) is 18.1 Å². The lowest BCUT2D eigenvalue weighted by atomic mass is 10.00. The van der Waals surface area contributed by atoms with Crippen LogP contribution in [0.1, 0.15) is 25.7 Å². The third kappa shape index (κ3) is 4.12. The van der Waals surface area contributed by atoms with Crippen molar-refractivity contribution in [3.63, 3.8) is 0 Å². The Morgan fingerprint density at radius 1 is 1.24 bits per heavy atom. The second-order valence-electron chi connectivity index (χ2n) is 5.78. The maximum Gasteiger partial charge on any atom is 0.301 e. The minimum Gasteiger partial charge on any atom is -0.314 e. The zero-order valence-corrected chi connectivity index (χ0v) is 12.7. The van der Waals surface area contributed by atoms with Gasteiger partial charge in [0, 0.05) is 19.1 Å². The van der Waals surface area contributed by atoms with Gasteiger partial charge in [0.1, 0.15) is 6.33 Å². The van der Waals surface area contributed by atoms with Gasteiger partial charge in [-0.15, -0.1) is 0 Å². The van der Waals surface area contributed by atoms with Gasteiger partial charge in [-0.1, -0.05) is 0 Å². The highest BCUT2D eigenvalue weighted by Gasteiger charge is 2.30. The number of rotatable bonds is 6. The van der Waals surface area contributed by atoms with Crippen molar-refractivity contribution in [3.8, 4) is 0 Å². The number of piperidine rings is 1. The molecule has 2 fully saturated rings. The summed E-state index contributed by atoms with van der Waals surface area (Å²) in [6.45, 7) is 2.05. The van der Waals surface area contributed by atoms with Crippen molar-refractivity contribution in [2.45, 2.75) is 31.7 Å². The van der Waals surface area contributed by atoms with E-state index in [2.05, 4.69) is 20.0 Å². The summed E-state index contributed by atoms with van der Waals surface area (Å²) in [6.07, 6.45) is 8.79. The van der Waals surface area contributed by atoms with Crippen LogP contribution in [0.15, 0.2) is 18.7 Å². The van der Waals surface area contributed by atoms with Crippen LogP contribution in [-0.4, -0.2) is 48.4 Å². The molecular formula is C13H21N5O2S. The van der Waals surface area contributed by atoms with Crippen molar-refractivity contribution in [3.05, 3.63) is 18.7 Å². The summed E-state index contributed by atoms with van der Waals surface area (Å²) < 4.78 is 28.8. The Hall–Kier alpha value is -1.25. The molecule has 2 aliphatic rings. The molecule has 0 aromatic carbocycles. The zero-order chi connectivity index (χ0) is 14.7. The maximum absolute atomic E-state index is 12.4. The number of hydrogen-bond donors (Lipinski definition) is 2. The van der Waals surface area contributed by atoms with Gasteiger partial charge in [-0.2, -0.15) is 12.7 Å². The van der Waals surface area contributed by atoms with Crippen LogP contribution in [0.3, 0.4) is 0 Å². The zero-order valence-electron chi connectivity index (χ0n) is 11.9. The highest BCUT2D eigenvalue weighted by molar-refractivity contribution is 7.90. The van der Waals surface area contributed by atoms with Crippen LogP contribution in [-0.2, 0) is 10.2 Å². The van der Waals surface area contributed by atoms with Gasteiger partial charge in [-0.05, 0) is 38.1 Å². The summed E-state index contributed by atoms with van der Waals surface area (Å²) >= 11 is 0. The monoisotopic (exact) mass is 311 g/mol. The summed E-state index contributed by atoms with van der Waals surface area (Å²) in [6, 6.07) is 0.663. The summed E-state index contributed by atoms with van der Waals surface area (Å²) in [5, 5.41) is 3.49. The van der Waals surface area contributed by atoms with Crippen molar-refractivity contribution in [1.82, 2.24) is 19.6 Å². The van der Waals surface area contributed by atoms with E-state index in [1.807, 2.05) is 0 Å². The fourth-order valence-corrected chi connectivity index (χ4v) is 3.91. The van der Waals surface area contributed by atoms with E-state index in [1.165, 1.54) is 35.9 Å². The molecule has 0 amide bonds. The topological polar surface area (TPSA) is 87.2 Å². The normalized spacial score (nSPS) is 23.9. The molecule has 1 unspecified atom stereocenters. The summed E-state index contributed by atoms with van der Waals surface area (Å²) in [5.41, 5.74) is 0.399. The molecule has 21 heavy (non-hydrogen) atoms. The van der Waals surface area contributed by atoms with Gasteiger partial charge in [0.15, 0.2) is 0 Å². The minimum absolute atomic E-state index is 0.392. The Labute approximate surface area is 125 Å². The second kappa shape index (κ2) is 6.25.